The van der Waals surface area contributed by atoms with Crippen LogP contribution in [0, 0.1) is 23.2 Å². The lowest BCUT2D eigenvalue weighted by Gasteiger charge is -2.28. The summed E-state index contributed by atoms with van der Waals surface area (Å²) in [5.41, 5.74) is 1.13. The van der Waals surface area contributed by atoms with Gasteiger partial charge in [-0.25, -0.2) is 4.79 Å². The highest BCUT2D eigenvalue weighted by molar-refractivity contribution is 5.93. The van der Waals surface area contributed by atoms with Gasteiger partial charge in [-0.05, 0) is 36.0 Å². The third-order valence-corrected chi connectivity index (χ3v) is 5.28. The van der Waals surface area contributed by atoms with Crippen LogP contribution in [-0.4, -0.2) is 35.0 Å². The number of aliphatic hydroxyl groups excluding tert-OH is 2. The van der Waals surface area contributed by atoms with Crippen LogP contribution in [0.5, 0.6) is 0 Å². The third-order valence-electron chi connectivity index (χ3n) is 5.28. The molecule has 1 saturated carbocycles. The molecular weight excluding hydrogens is 244 g/mol. The van der Waals surface area contributed by atoms with Crippen molar-refractivity contribution in [1.82, 2.24) is 0 Å². The van der Waals surface area contributed by atoms with Gasteiger partial charge in [-0.3, -0.25) is 0 Å². The Bertz CT molecular complexity index is 451. The molecule has 0 amide bonds. The van der Waals surface area contributed by atoms with Gasteiger partial charge < -0.3 is 14.9 Å². The summed E-state index contributed by atoms with van der Waals surface area (Å²) in [6.45, 7) is 6.54. The molecule has 0 radical (unpaired) electrons. The number of carbonyl (C=O) groups excluding carboxylic acids is 1. The first-order valence-corrected chi connectivity index (χ1v) is 7.08. The topological polar surface area (TPSA) is 66.8 Å². The third kappa shape index (κ3) is 1.84. The summed E-state index contributed by atoms with van der Waals surface area (Å²) in [6, 6.07) is 0. The van der Waals surface area contributed by atoms with Crippen molar-refractivity contribution >= 4 is 5.97 Å². The van der Waals surface area contributed by atoms with Gasteiger partial charge in [0.25, 0.3) is 0 Å². The smallest absolute Gasteiger partial charge is 0.337 e. The second-order valence-corrected chi connectivity index (χ2v) is 7.16. The summed E-state index contributed by atoms with van der Waals surface area (Å²) >= 11 is 0. The van der Waals surface area contributed by atoms with E-state index in [9.17, 15) is 15.0 Å². The number of hydrogen-bond donors (Lipinski definition) is 2. The molecule has 2 aliphatic carbocycles. The summed E-state index contributed by atoms with van der Waals surface area (Å²) in [6.07, 6.45) is 0.472. The molecule has 2 N–H and O–H groups in total. The first kappa shape index (κ1) is 13.1. The fourth-order valence-corrected chi connectivity index (χ4v) is 4.32. The van der Waals surface area contributed by atoms with Crippen molar-refractivity contribution < 1.29 is 19.7 Å². The molecule has 19 heavy (non-hydrogen) atoms. The van der Waals surface area contributed by atoms with Crippen LogP contribution in [0.25, 0.3) is 0 Å². The number of ether oxygens (including phenoxy) is 1. The number of aliphatic hydroxyl groups is 2. The van der Waals surface area contributed by atoms with Crippen LogP contribution in [-0.2, 0) is 9.53 Å². The van der Waals surface area contributed by atoms with E-state index in [-0.39, 0.29) is 29.8 Å². The summed E-state index contributed by atoms with van der Waals surface area (Å²) in [4.78, 5) is 11.8. The van der Waals surface area contributed by atoms with Crippen LogP contribution in [0.2, 0.25) is 0 Å². The second kappa shape index (κ2) is 4.06. The molecule has 1 fully saturated rings. The quantitative estimate of drug-likeness (QED) is 0.648. The Morgan fingerprint density at radius 2 is 1.79 bits per heavy atom. The van der Waals surface area contributed by atoms with Gasteiger partial charge in [-0.2, -0.15) is 0 Å². The van der Waals surface area contributed by atoms with E-state index in [1.165, 1.54) is 0 Å². The fourth-order valence-electron chi connectivity index (χ4n) is 4.32. The van der Waals surface area contributed by atoms with Gasteiger partial charge in [0.1, 0.15) is 6.61 Å². The highest BCUT2D eigenvalue weighted by Gasteiger charge is 2.52. The van der Waals surface area contributed by atoms with E-state index in [1.807, 2.05) is 6.92 Å². The van der Waals surface area contributed by atoms with E-state index < -0.39 is 18.2 Å². The largest absolute Gasteiger partial charge is 0.458 e. The molecule has 1 aliphatic heterocycles. The van der Waals surface area contributed by atoms with Crippen molar-refractivity contribution in [2.45, 2.75) is 45.8 Å². The van der Waals surface area contributed by atoms with Crippen LogP contribution < -0.4 is 0 Å². The second-order valence-electron chi connectivity index (χ2n) is 7.16. The van der Waals surface area contributed by atoms with Gasteiger partial charge in [-0.1, -0.05) is 20.8 Å². The molecule has 4 heteroatoms. The maximum Gasteiger partial charge on any atom is 0.337 e. The normalized spacial score (nSPS) is 44.7. The molecule has 0 unspecified atom stereocenters. The lowest BCUT2D eigenvalue weighted by molar-refractivity contribution is -0.137. The zero-order valence-corrected chi connectivity index (χ0v) is 11.7. The standard InChI is InChI=1S/C15H22O4/c1-7-8-4-15(2,3)5-9(8)13(17)10-6-19-14(18)11(10)12(7)16/h7-9,12-13,16-17H,4-6H2,1-3H3/t7-,8-,9-,12+,13+/m0/s1. The Labute approximate surface area is 113 Å². The first-order chi connectivity index (χ1) is 8.82. The summed E-state index contributed by atoms with van der Waals surface area (Å²) < 4.78 is 5.01. The van der Waals surface area contributed by atoms with Crippen LogP contribution in [0.1, 0.15) is 33.6 Å². The van der Waals surface area contributed by atoms with E-state index in [2.05, 4.69) is 13.8 Å². The minimum absolute atomic E-state index is 0.0143. The van der Waals surface area contributed by atoms with Gasteiger partial charge in [0.2, 0.25) is 0 Å². The molecular formula is C15H22O4. The van der Waals surface area contributed by atoms with Crippen molar-refractivity contribution in [2.24, 2.45) is 23.2 Å². The van der Waals surface area contributed by atoms with Crippen LogP contribution in [0.3, 0.4) is 0 Å². The Hall–Kier alpha value is -0.870. The number of hydrogen-bond acceptors (Lipinski definition) is 4. The van der Waals surface area contributed by atoms with Crippen molar-refractivity contribution in [2.75, 3.05) is 6.61 Å². The molecule has 5 atom stereocenters. The van der Waals surface area contributed by atoms with Gasteiger partial charge in [-0.15, -0.1) is 0 Å². The van der Waals surface area contributed by atoms with Gasteiger partial charge >= 0.3 is 5.97 Å². The number of carbonyl (C=O) groups is 1. The van der Waals surface area contributed by atoms with Gasteiger partial charge in [0.15, 0.2) is 0 Å². The maximum atomic E-state index is 11.8. The molecule has 0 bridgehead atoms. The van der Waals surface area contributed by atoms with E-state index >= 15 is 0 Å². The highest BCUT2D eigenvalue weighted by Crippen LogP contribution is 2.53. The van der Waals surface area contributed by atoms with Gasteiger partial charge in [0.05, 0.1) is 17.8 Å². The zero-order valence-electron chi connectivity index (χ0n) is 11.7. The van der Waals surface area contributed by atoms with E-state index in [0.29, 0.717) is 11.1 Å². The Morgan fingerprint density at radius 3 is 2.47 bits per heavy atom. The Morgan fingerprint density at radius 1 is 1.16 bits per heavy atom. The SMILES string of the molecule is C[C@H]1[C@@H]2CC(C)(C)C[C@@H]2[C@@H](O)C2=C(C(=O)OC2)[C@@H]1O. The average molecular weight is 266 g/mol. The minimum atomic E-state index is -0.802. The van der Waals surface area contributed by atoms with Crippen LogP contribution in [0.4, 0.5) is 0 Å². The van der Waals surface area contributed by atoms with Crippen LogP contribution in [0.15, 0.2) is 11.1 Å². The van der Waals surface area contributed by atoms with Crippen molar-refractivity contribution in [3.8, 4) is 0 Å². The lowest BCUT2D eigenvalue weighted by Crippen LogP contribution is -2.31. The molecule has 3 rings (SSSR count). The summed E-state index contributed by atoms with van der Waals surface area (Å²) in [7, 11) is 0. The van der Waals surface area contributed by atoms with E-state index in [1.54, 1.807) is 0 Å². The predicted molar refractivity (Wildman–Crippen MR) is 69.2 cm³/mol. The molecule has 0 aromatic rings. The number of cyclic esters (lactones) is 1. The number of rotatable bonds is 0. The van der Waals surface area contributed by atoms with E-state index in [4.69, 9.17) is 4.74 Å². The first-order valence-electron chi connectivity index (χ1n) is 7.08. The van der Waals surface area contributed by atoms with Crippen LogP contribution >= 0.6 is 0 Å². The zero-order chi connectivity index (χ0) is 13.9. The molecule has 1 heterocycles. The number of esters is 1. The van der Waals surface area contributed by atoms with Crippen molar-refractivity contribution in [1.29, 1.82) is 0 Å². The summed E-state index contributed by atoms with van der Waals surface area (Å²) in [5.74, 6) is -0.0766. The molecule has 106 valence electrons. The molecule has 4 nitrogen and oxygen atoms in total. The molecule has 3 aliphatic rings. The number of fused-ring (bicyclic) bond motifs is 1. The maximum absolute atomic E-state index is 11.8. The Kier molecular flexibility index (Phi) is 2.81. The van der Waals surface area contributed by atoms with E-state index in [0.717, 1.165) is 12.8 Å². The van der Waals surface area contributed by atoms with Crippen molar-refractivity contribution in [3.05, 3.63) is 11.1 Å². The molecule has 0 aromatic carbocycles. The minimum Gasteiger partial charge on any atom is -0.458 e. The summed E-state index contributed by atoms with van der Waals surface area (Å²) in [5, 5.41) is 21.1. The molecule has 0 spiro atoms. The lowest BCUT2D eigenvalue weighted by atomic mass is 9.80. The highest BCUT2D eigenvalue weighted by atomic mass is 16.5. The monoisotopic (exact) mass is 266 g/mol. The predicted octanol–water partition coefficient (Wildman–Crippen LogP) is 1.26. The Balaban J connectivity index is 2.03. The average Bonchev–Trinajstić information content (AvgIpc) is 2.84. The fraction of sp³-hybridized carbons (Fsp3) is 0.800. The molecule has 0 aromatic heterocycles. The molecule has 0 saturated heterocycles. The van der Waals surface area contributed by atoms with Gasteiger partial charge in [0, 0.05) is 5.57 Å². The van der Waals surface area contributed by atoms with Crippen molar-refractivity contribution in [3.63, 3.8) is 0 Å².